The summed E-state index contributed by atoms with van der Waals surface area (Å²) in [6, 6.07) is 5.12. The van der Waals surface area contributed by atoms with Gasteiger partial charge in [-0.05, 0) is 44.9 Å². The minimum absolute atomic E-state index is 0.0485. The van der Waals surface area contributed by atoms with Crippen molar-refractivity contribution in [2.75, 3.05) is 7.11 Å². The van der Waals surface area contributed by atoms with Gasteiger partial charge < -0.3 is 15.0 Å². The van der Waals surface area contributed by atoms with E-state index in [1.54, 1.807) is 0 Å². The van der Waals surface area contributed by atoms with Crippen LogP contribution < -0.4 is 10.1 Å². The minimum atomic E-state index is -5.22. The molecule has 1 aliphatic carbocycles. The number of ketones is 1. The number of nitrogens with one attached hydrogen (secondary N) is 1. The molecule has 0 saturated heterocycles. The fourth-order valence-electron chi connectivity index (χ4n) is 4.59. The van der Waals surface area contributed by atoms with Crippen molar-refractivity contribution >= 4 is 17.6 Å². The predicted octanol–water partition coefficient (Wildman–Crippen LogP) is 3.76. The van der Waals surface area contributed by atoms with Gasteiger partial charge in [-0.1, -0.05) is 25.3 Å². The molecule has 1 aliphatic heterocycles. The van der Waals surface area contributed by atoms with Crippen LogP contribution in [0.3, 0.4) is 0 Å². The van der Waals surface area contributed by atoms with Crippen molar-refractivity contribution in [1.29, 1.82) is 0 Å². The molecule has 0 radical (unpaired) electrons. The Bertz CT molecular complexity index is 935. The van der Waals surface area contributed by atoms with Crippen molar-refractivity contribution in [1.82, 2.24) is 10.2 Å². The second kappa shape index (κ2) is 8.36. The van der Waals surface area contributed by atoms with E-state index in [0.29, 0.717) is 12.8 Å². The molecule has 3 rings (SSSR count). The van der Waals surface area contributed by atoms with E-state index >= 15 is 0 Å². The summed E-state index contributed by atoms with van der Waals surface area (Å²) in [4.78, 5) is 39.7. The molecule has 6 nitrogen and oxygen atoms in total. The van der Waals surface area contributed by atoms with Crippen molar-refractivity contribution in [2.45, 2.75) is 63.7 Å². The fourth-order valence-corrected chi connectivity index (χ4v) is 4.59. The molecule has 0 aromatic heterocycles. The van der Waals surface area contributed by atoms with Gasteiger partial charge in [-0.25, -0.2) is 0 Å². The zero-order valence-corrected chi connectivity index (χ0v) is 17.6. The highest BCUT2D eigenvalue weighted by Gasteiger charge is 2.70. The molecule has 1 heterocycles. The molecule has 31 heavy (non-hydrogen) atoms. The molecule has 1 aromatic carbocycles. The molecule has 0 spiro atoms. The van der Waals surface area contributed by atoms with Gasteiger partial charge in [-0.2, -0.15) is 13.2 Å². The summed E-state index contributed by atoms with van der Waals surface area (Å²) in [6.07, 6.45) is -1.61. The van der Waals surface area contributed by atoms with E-state index < -0.39 is 40.9 Å². The fraction of sp³-hybridized carbons (Fsp3) is 0.500. The molecule has 1 N–H and O–H groups in total. The Morgan fingerprint density at radius 2 is 1.84 bits per heavy atom. The van der Waals surface area contributed by atoms with Crippen LogP contribution in [-0.2, 0) is 9.59 Å². The van der Waals surface area contributed by atoms with Gasteiger partial charge in [0.15, 0.2) is 5.78 Å². The summed E-state index contributed by atoms with van der Waals surface area (Å²) in [6.45, 7) is 2.32. The van der Waals surface area contributed by atoms with Gasteiger partial charge in [-0.3, -0.25) is 14.4 Å². The molecule has 2 aliphatic rings. The van der Waals surface area contributed by atoms with Gasteiger partial charge in [0.25, 0.3) is 11.8 Å². The first-order valence-corrected chi connectivity index (χ1v) is 10.1. The lowest BCUT2D eigenvalue weighted by Gasteiger charge is -2.36. The number of halogens is 3. The normalized spacial score (nSPS) is 22.6. The maximum atomic E-state index is 14.5. The minimum Gasteiger partial charge on any atom is -0.497 e. The number of rotatable bonds is 5. The Morgan fingerprint density at radius 1 is 1.19 bits per heavy atom. The average Bonchev–Trinajstić information content (AvgIpc) is 2.95. The first-order valence-electron chi connectivity index (χ1n) is 10.1. The smallest absolute Gasteiger partial charge is 0.425 e. The Hall–Kier alpha value is -2.84. The zero-order chi connectivity index (χ0) is 23.0. The standard InChI is InChI=1S/C22H25F3N2O4/c1-13-18(14(2)28)21(22(23,24)25,20(30)27(13)16-9-5-4-6-10-16)26-19(29)15-8-7-11-17(12-15)31-3/h7-8,11-12,16H,4-6,9-10H2,1-3H3,(H,26,29)/t21-/m0/s1. The van der Waals surface area contributed by atoms with Crippen molar-refractivity contribution in [3.63, 3.8) is 0 Å². The maximum Gasteiger partial charge on any atom is 0.425 e. The summed E-state index contributed by atoms with van der Waals surface area (Å²) in [7, 11) is 1.36. The molecule has 2 amide bonds. The van der Waals surface area contributed by atoms with Crippen LogP contribution in [0.4, 0.5) is 13.2 Å². The van der Waals surface area contributed by atoms with Crippen LogP contribution in [0.1, 0.15) is 56.3 Å². The molecule has 9 heteroatoms. The van der Waals surface area contributed by atoms with Crippen LogP contribution in [0, 0.1) is 0 Å². The van der Waals surface area contributed by atoms with Crippen LogP contribution in [0.5, 0.6) is 5.75 Å². The number of ether oxygens (including phenoxy) is 1. The molecule has 0 unspecified atom stereocenters. The van der Waals surface area contributed by atoms with E-state index in [1.807, 2.05) is 5.32 Å². The number of Topliss-reactive ketones (excluding diaryl/α,β-unsaturated/α-hetero) is 1. The highest BCUT2D eigenvalue weighted by Crippen LogP contribution is 2.47. The number of nitrogens with zero attached hydrogens (tertiary/aromatic N) is 1. The van der Waals surface area contributed by atoms with Gasteiger partial charge in [-0.15, -0.1) is 0 Å². The largest absolute Gasteiger partial charge is 0.497 e. The monoisotopic (exact) mass is 438 g/mol. The van der Waals surface area contributed by atoms with E-state index in [1.165, 1.54) is 38.3 Å². The molecule has 1 aromatic rings. The number of hydrogen-bond donors (Lipinski definition) is 1. The summed E-state index contributed by atoms with van der Waals surface area (Å²) in [5, 5.41) is 1.89. The summed E-state index contributed by atoms with van der Waals surface area (Å²) < 4.78 is 48.6. The van der Waals surface area contributed by atoms with Crippen LogP contribution >= 0.6 is 0 Å². The number of carbonyl (C=O) groups is 3. The zero-order valence-electron chi connectivity index (χ0n) is 17.6. The van der Waals surface area contributed by atoms with Crippen LogP contribution in [0.25, 0.3) is 0 Å². The number of allylic oxidation sites excluding steroid dienone is 1. The van der Waals surface area contributed by atoms with Gasteiger partial charge in [0.1, 0.15) is 5.75 Å². The van der Waals surface area contributed by atoms with Gasteiger partial charge in [0, 0.05) is 17.3 Å². The third-order valence-corrected chi connectivity index (χ3v) is 5.99. The summed E-state index contributed by atoms with van der Waals surface area (Å²) in [5.74, 6) is -3.09. The number of amides is 2. The average molecular weight is 438 g/mol. The second-order valence-electron chi connectivity index (χ2n) is 7.92. The molecule has 1 atom stereocenters. The highest BCUT2D eigenvalue weighted by molar-refractivity contribution is 6.13. The van der Waals surface area contributed by atoms with Crippen molar-refractivity contribution in [2.24, 2.45) is 0 Å². The lowest BCUT2D eigenvalue weighted by atomic mass is 9.86. The van der Waals surface area contributed by atoms with Crippen LogP contribution in [0.15, 0.2) is 35.5 Å². The van der Waals surface area contributed by atoms with Crippen LogP contribution in [0.2, 0.25) is 0 Å². The van der Waals surface area contributed by atoms with Gasteiger partial charge in [0.05, 0.1) is 12.7 Å². The topological polar surface area (TPSA) is 75.7 Å². The lowest BCUT2D eigenvalue weighted by molar-refractivity contribution is -0.191. The lowest BCUT2D eigenvalue weighted by Crippen LogP contribution is -2.66. The van der Waals surface area contributed by atoms with Gasteiger partial charge >= 0.3 is 6.18 Å². The van der Waals surface area contributed by atoms with E-state index in [0.717, 1.165) is 31.1 Å². The van der Waals surface area contributed by atoms with Crippen molar-refractivity contribution in [3.8, 4) is 5.75 Å². The van der Waals surface area contributed by atoms with E-state index in [4.69, 9.17) is 4.74 Å². The van der Waals surface area contributed by atoms with E-state index in [9.17, 15) is 27.6 Å². The first kappa shape index (κ1) is 22.8. The molecule has 0 bridgehead atoms. The Morgan fingerprint density at radius 3 is 2.39 bits per heavy atom. The Balaban J connectivity index is 2.11. The third-order valence-electron chi connectivity index (χ3n) is 5.99. The Labute approximate surface area is 178 Å². The number of benzene rings is 1. The van der Waals surface area contributed by atoms with Gasteiger partial charge in [0.2, 0.25) is 5.54 Å². The van der Waals surface area contributed by atoms with Crippen molar-refractivity contribution < 1.29 is 32.3 Å². The van der Waals surface area contributed by atoms with E-state index in [2.05, 4.69) is 0 Å². The summed E-state index contributed by atoms with van der Waals surface area (Å²) >= 11 is 0. The molecule has 1 fully saturated rings. The third kappa shape index (κ3) is 3.81. The van der Waals surface area contributed by atoms with Crippen LogP contribution in [-0.4, -0.2) is 47.4 Å². The molecule has 1 saturated carbocycles. The van der Waals surface area contributed by atoms with Crippen molar-refractivity contribution in [3.05, 3.63) is 41.1 Å². The quantitative estimate of drug-likeness (QED) is 0.760. The molecular weight excluding hydrogens is 413 g/mol. The second-order valence-corrected chi connectivity index (χ2v) is 7.92. The predicted molar refractivity (Wildman–Crippen MR) is 106 cm³/mol. The first-order chi connectivity index (χ1) is 14.5. The number of carbonyl (C=O) groups excluding carboxylic acids is 3. The Kier molecular flexibility index (Phi) is 6.16. The molecule has 168 valence electrons. The van der Waals surface area contributed by atoms with E-state index in [-0.39, 0.29) is 17.0 Å². The summed E-state index contributed by atoms with van der Waals surface area (Å²) in [5.41, 5.74) is -4.33. The highest BCUT2D eigenvalue weighted by atomic mass is 19.4. The maximum absolute atomic E-state index is 14.5. The number of methoxy groups -OCH3 is 1. The number of alkyl halides is 3. The molecular formula is C22H25F3N2O4. The number of hydrogen-bond acceptors (Lipinski definition) is 4. The SMILES string of the molecule is COc1cccc(C(=O)N[C@]2(C(F)(F)F)C(=O)N(C3CCCCC3)C(C)=C2C(C)=O)c1.